The Balaban J connectivity index is 2.18. The van der Waals surface area contributed by atoms with E-state index in [9.17, 15) is 4.79 Å². The van der Waals surface area contributed by atoms with Crippen molar-refractivity contribution in [1.82, 2.24) is 5.32 Å². The number of benzene rings is 1. The highest BCUT2D eigenvalue weighted by Crippen LogP contribution is 2.32. The van der Waals surface area contributed by atoms with Crippen molar-refractivity contribution in [3.05, 3.63) is 29.8 Å². The monoisotopic (exact) mass is 276 g/mol. The molecule has 1 atom stereocenters. The Morgan fingerprint density at radius 3 is 3.00 bits per heavy atom. The summed E-state index contributed by atoms with van der Waals surface area (Å²) in [5, 5.41) is 3.34. The first-order valence-electron chi connectivity index (χ1n) is 7.42. The highest BCUT2D eigenvalue weighted by atomic mass is 16.5. The van der Waals surface area contributed by atoms with Crippen LogP contribution in [0.4, 0.5) is 5.69 Å². The number of amides is 1. The van der Waals surface area contributed by atoms with Crippen molar-refractivity contribution in [2.24, 2.45) is 0 Å². The minimum Gasteiger partial charge on any atom is -0.372 e. The fraction of sp³-hybridized carbons (Fsp3) is 0.562. The van der Waals surface area contributed by atoms with Crippen molar-refractivity contribution >= 4 is 11.6 Å². The summed E-state index contributed by atoms with van der Waals surface area (Å²) >= 11 is 0. The zero-order valence-corrected chi connectivity index (χ0v) is 12.4. The molecule has 4 nitrogen and oxygen atoms in total. The van der Waals surface area contributed by atoms with E-state index in [2.05, 4.69) is 11.4 Å². The second kappa shape index (κ2) is 7.41. The number of carbonyl (C=O) groups is 1. The number of rotatable bonds is 5. The maximum absolute atomic E-state index is 12.4. The third-order valence-electron chi connectivity index (χ3n) is 3.70. The van der Waals surface area contributed by atoms with Gasteiger partial charge in [-0.25, -0.2) is 0 Å². The molecule has 0 aliphatic carbocycles. The summed E-state index contributed by atoms with van der Waals surface area (Å²) in [4.78, 5) is 14.2. The highest BCUT2D eigenvalue weighted by Gasteiger charge is 2.25. The Bertz CT molecular complexity index is 448. The molecule has 1 aromatic rings. The maximum atomic E-state index is 12.4. The van der Waals surface area contributed by atoms with Crippen LogP contribution in [0.15, 0.2) is 24.3 Å². The average molecular weight is 276 g/mol. The van der Waals surface area contributed by atoms with Crippen LogP contribution in [0, 0.1) is 0 Å². The topological polar surface area (TPSA) is 41.6 Å². The first-order chi connectivity index (χ1) is 9.77. The lowest BCUT2D eigenvalue weighted by Crippen LogP contribution is -2.35. The summed E-state index contributed by atoms with van der Waals surface area (Å²) in [6.45, 7) is 3.62. The second-order valence-electron chi connectivity index (χ2n) is 5.14. The molecular weight excluding hydrogens is 252 g/mol. The SMILES string of the molecule is CCCOCC(=O)N1CCCC(NC)c2ccccc21. The molecule has 0 radical (unpaired) electrons. The third kappa shape index (κ3) is 3.38. The molecule has 0 fully saturated rings. The van der Waals surface area contributed by atoms with Crippen LogP contribution >= 0.6 is 0 Å². The quantitative estimate of drug-likeness (QED) is 0.840. The number of para-hydroxylation sites is 1. The van der Waals surface area contributed by atoms with Gasteiger partial charge in [0.05, 0.1) is 0 Å². The Morgan fingerprint density at radius 2 is 2.25 bits per heavy atom. The van der Waals surface area contributed by atoms with Crippen molar-refractivity contribution in [2.45, 2.75) is 32.2 Å². The molecule has 1 N–H and O–H groups in total. The summed E-state index contributed by atoms with van der Waals surface area (Å²) in [5.74, 6) is 0.0580. The van der Waals surface area contributed by atoms with Crippen LogP contribution in [0.5, 0.6) is 0 Å². The zero-order chi connectivity index (χ0) is 14.4. The van der Waals surface area contributed by atoms with Crippen LogP contribution in [0.1, 0.15) is 37.8 Å². The predicted octanol–water partition coefficient (Wildman–Crippen LogP) is 2.50. The lowest BCUT2D eigenvalue weighted by Gasteiger charge is -2.24. The van der Waals surface area contributed by atoms with Crippen LogP contribution in [0.25, 0.3) is 0 Å². The zero-order valence-electron chi connectivity index (χ0n) is 12.4. The largest absolute Gasteiger partial charge is 0.372 e. The fourth-order valence-corrected chi connectivity index (χ4v) is 2.70. The average Bonchev–Trinajstić information content (AvgIpc) is 2.66. The summed E-state index contributed by atoms with van der Waals surface area (Å²) < 4.78 is 5.40. The number of carbonyl (C=O) groups excluding carboxylic acids is 1. The van der Waals surface area contributed by atoms with Gasteiger partial charge >= 0.3 is 0 Å². The number of hydrogen-bond donors (Lipinski definition) is 1. The lowest BCUT2D eigenvalue weighted by atomic mass is 10.0. The summed E-state index contributed by atoms with van der Waals surface area (Å²) in [7, 11) is 1.98. The van der Waals surface area contributed by atoms with Gasteiger partial charge in [-0.2, -0.15) is 0 Å². The second-order valence-corrected chi connectivity index (χ2v) is 5.14. The van der Waals surface area contributed by atoms with E-state index in [-0.39, 0.29) is 12.5 Å². The molecule has 0 bridgehead atoms. The van der Waals surface area contributed by atoms with Gasteiger partial charge in [-0.15, -0.1) is 0 Å². The number of nitrogens with zero attached hydrogens (tertiary/aromatic N) is 1. The minimum absolute atomic E-state index is 0.0580. The van der Waals surface area contributed by atoms with Crippen molar-refractivity contribution < 1.29 is 9.53 Å². The molecule has 110 valence electrons. The Kier molecular flexibility index (Phi) is 5.56. The van der Waals surface area contributed by atoms with E-state index >= 15 is 0 Å². The van der Waals surface area contributed by atoms with Crippen molar-refractivity contribution in [1.29, 1.82) is 0 Å². The highest BCUT2D eigenvalue weighted by molar-refractivity contribution is 5.95. The van der Waals surface area contributed by atoms with E-state index in [1.165, 1.54) is 5.56 Å². The van der Waals surface area contributed by atoms with Gasteiger partial charge in [0.25, 0.3) is 5.91 Å². The standard InChI is InChI=1S/C16H24N2O2/c1-3-11-20-12-16(19)18-10-6-8-14(17-2)13-7-4-5-9-15(13)18/h4-5,7,9,14,17H,3,6,8,10-12H2,1-2H3. The normalized spacial score (nSPS) is 18.5. The number of anilines is 1. The first kappa shape index (κ1) is 15.0. The molecule has 0 spiro atoms. The number of fused-ring (bicyclic) bond motifs is 1. The predicted molar refractivity (Wildman–Crippen MR) is 80.9 cm³/mol. The number of hydrogen-bond acceptors (Lipinski definition) is 3. The molecule has 20 heavy (non-hydrogen) atoms. The molecule has 1 heterocycles. The molecule has 0 saturated carbocycles. The molecule has 1 aliphatic heterocycles. The molecule has 0 aromatic heterocycles. The molecule has 1 aliphatic rings. The van der Waals surface area contributed by atoms with E-state index in [0.29, 0.717) is 12.6 Å². The molecule has 2 rings (SSSR count). The molecule has 1 unspecified atom stereocenters. The summed E-state index contributed by atoms with van der Waals surface area (Å²) in [6.07, 6.45) is 2.98. The van der Waals surface area contributed by atoms with Gasteiger partial charge in [-0.1, -0.05) is 25.1 Å². The first-order valence-corrected chi connectivity index (χ1v) is 7.42. The van der Waals surface area contributed by atoms with Crippen LogP contribution < -0.4 is 10.2 Å². The van der Waals surface area contributed by atoms with Gasteiger partial charge < -0.3 is 15.0 Å². The van der Waals surface area contributed by atoms with Gasteiger partial charge in [0.1, 0.15) is 6.61 Å². The Labute approximate surface area is 121 Å². The number of ether oxygens (including phenoxy) is 1. The van der Waals surface area contributed by atoms with Gasteiger partial charge in [0.15, 0.2) is 0 Å². The smallest absolute Gasteiger partial charge is 0.252 e. The van der Waals surface area contributed by atoms with Gasteiger partial charge in [-0.3, -0.25) is 4.79 Å². The van der Waals surface area contributed by atoms with Gasteiger partial charge in [-0.05, 0) is 37.9 Å². The molecule has 1 aromatic carbocycles. The van der Waals surface area contributed by atoms with E-state index in [1.807, 2.05) is 37.1 Å². The summed E-state index contributed by atoms with van der Waals surface area (Å²) in [6, 6.07) is 8.48. The molecular formula is C16H24N2O2. The van der Waals surface area contributed by atoms with E-state index in [1.54, 1.807) is 0 Å². The van der Waals surface area contributed by atoms with Crippen molar-refractivity contribution in [3.63, 3.8) is 0 Å². The van der Waals surface area contributed by atoms with Crippen LogP contribution in [0.3, 0.4) is 0 Å². The van der Waals surface area contributed by atoms with Crippen molar-refractivity contribution in [3.8, 4) is 0 Å². The van der Waals surface area contributed by atoms with Crippen molar-refractivity contribution in [2.75, 3.05) is 31.7 Å². The van der Waals surface area contributed by atoms with Crippen LogP contribution in [-0.2, 0) is 9.53 Å². The lowest BCUT2D eigenvalue weighted by molar-refractivity contribution is -0.123. The van der Waals surface area contributed by atoms with E-state index in [0.717, 1.165) is 31.5 Å². The summed E-state index contributed by atoms with van der Waals surface area (Å²) in [5.41, 5.74) is 2.23. The van der Waals surface area contributed by atoms with Crippen LogP contribution in [-0.4, -0.2) is 32.7 Å². The minimum atomic E-state index is 0.0580. The van der Waals surface area contributed by atoms with E-state index in [4.69, 9.17) is 4.74 Å². The number of nitrogens with one attached hydrogen (secondary N) is 1. The van der Waals surface area contributed by atoms with Gasteiger partial charge in [0.2, 0.25) is 0 Å². The Hall–Kier alpha value is -1.39. The third-order valence-corrected chi connectivity index (χ3v) is 3.70. The fourth-order valence-electron chi connectivity index (χ4n) is 2.70. The van der Waals surface area contributed by atoms with E-state index < -0.39 is 0 Å². The maximum Gasteiger partial charge on any atom is 0.252 e. The molecule has 4 heteroatoms. The molecule has 0 saturated heterocycles. The van der Waals surface area contributed by atoms with Crippen LogP contribution in [0.2, 0.25) is 0 Å². The Morgan fingerprint density at radius 1 is 1.45 bits per heavy atom. The molecule has 1 amide bonds. The van der Waals surface area contributed by atoms with Gasteiger partial charge in [0, 0.05) is 24.9 Å².